The predicted molar refractivity (Wildman–Crippen MR) is 77.1 cm³/mol. The number of fused-ring (bicyclic) bond motifs is 2. The quantitative estimate of drug-likeness (QED) is 0.738. The van der Waals surface area contributed by atoms with Gasteiger partial charge in [0.15, 0.2) is 5.82 Å². The monoisotopic (exact) mass is 278 g/mol. The van der Waals surface area contributed by atoms with E-state index < -0.39 is 0 Å². The minimum Gasteiger partial charge on any atom is -0.494 e. The Morgan fingerprint density at radius 1 is 1.14 bits per heavy atom. The molecule has 0 unspecified atom stereocenters. The van der Waals surface area contributed by atoms with Crippen molar-refractivity contribution in [3.8, 4) is 5.88 Å². The molecule has 6 nitrogen and oxygen atoms in total. The van der Waals surface area contributed by atoms with Crippen LogP contribution in [0.25, 0.3) is 11.0 Å². The number of carbonyl (C=O) groups excluding carboxylic acids is 1. The second-order valence-corrected chi connectivity index (χ2v) is 4.80. The van der Waals surface area contributed by atoms with Crippen LogP contribution < -0.4 is 0 Å². The van der Waals surface area contributed by atoms with Gasteiger partial charge in [0.2, 0.25) is 11.7 Å². The molecule has 0 spiro atoms. The summed E-state index contributed by atoms with van der Waals surface area (Å²) in [4.78, 5) is 25.1. The average molecular weight is 278 g/mol. The van der Waals surface area contributed by atoms with Crippen molar-refractivity contribution in [3.63, 3.8) is 0 Å². The molecule has 0 saturated heterocycles. The Morgan fingerprint density at radius 2 is 1.90 bits per heavy atom. The molecule has 102 valence electrons. The van der Waals surface area contributed by atoms with Crippen molar-refractivity contribution in [3.05, 3.63) is 47.8 Å². The standard InChI is InChI=1S/C15H10N4O2/c1-19-14-8(4-2-7-17-14)10(15(19)21)11-12(20)9-5-3-6-16-13(9)18-11/h2-7,21H,1H3. The molecule has 0 aliphatic carbocycles. The number of aryl methyl sites for hydroxylation is 1. The zero-order chi connectivity index (χ0) is 14.6. The van der Waals surface area contributed by atoms with Gasteiger partial charge in [-0.3, -0.25) is 9.36 Å². The summed E-state index contributed by atoms with van der Waals surface area (Å²) in [5.74, 6) is 0.131. The fraction of sp³-hybridized carbons (Fsp3) is 0.0667. The number of Topliss-reactive ketones (excluding diaryl/α,β-unsaturated/α-hetero) is 1. The highest BCUT2D eigenvalue weighted by Gasteiger charge is 2.31. The predicted octanol–water partition coefficient (Wildman–Crippen LogP) is 1.99. The Balaban J connectivity index is 2.02. The van der Waals surface area contributed by atoms with Crippen molar-refractivity contribution in [2.45, 2.75) is 0 Å². The first-order valence-electron chi connectivity index (χ1n) is 6.39. The number of aromatic nitrogens is 3. The van der Waals surface area contributed by atoms with E-state index >= 15 is 0 Å². The van der Waals surface area contributed by atoms with Crippen molar-refractivity contribution in [1.82, 2.24) is 14.5 Å². The van der Waals surface area contributed by atoms with Crippen molar-refractivity contribution in [2.24, 2.45) is 12.0 Å². The molecule has 0 radical (unpaired) electrons. The molecule has 4 heterocycles. The normalized spacial score (nSPS) is 13.6. The number of nitrogens with zero attached hydrogens (tertiary/aromatic N) is 4. The van der Waals surface area contributed by atoms with Crippen LogP contribution in [0.4, 0.5) is 5.82 Å². The minimum absolute atomic E-state index is 0.0244. The molecule has 0 aromatic carbocycles. The highest BCUT2D eigenvalue weighted by Crippen LogP contribution is 2.34. The molecule has 6 heteroatoms. The van der Waals surface area contributed by atoms with Crippen molar-refractivity contribution in [2.75, 3.05) is 0 Å². The first kappa shape index (κ1) is 11.8. The maximum Gasteiger partial charge on any atom is 0.216 e. The van der Waals surface area contributed by atoms with Gasteiger partial charge in [-0.05, 0) is 24.3 Å². The van der Waals surface area contributed by atoms with E-state index in [2.05, 4.69) is 15.0 Å². The Kier molecular flexibility index (Phi) is 2.24. The van der Waals surface area contributed by atoms with Crippen LogP contribution in [0.15, 0.2) is 41.7 Å². The summed E-state index contributed by atoms with van der Waals surface area (Å²) in [5, 5.41) is 11.0. The van der Waals surface area contributed by atoms with Crippen LogP contribution in [0, 0.1) is 0 Å². The van der Waals surface area contributed by atoms with Gasteiger partial charge < -0.3 is 5.11 Å². The lowest BCUT2D eigenvalue weighted by molar-refractivity contribution is 0.107. The molecular formula is C15H10N4O2. The first-order valence-corrected chi connectivity index (χ1v) is 6.39. The van der Waals surface area contributed by atoms with E-state index in [0.717, 1.165) is 0 Å². The molecule has 3 aromatic rings. The number of ketones is 1. The van der Waals surface area contributed by atoms with Crippen molar-refractivity contribution >= 4 is 28.3 Å². The number of rotatable bonds is 1. The van der Waals surface area contributed by atoms with Gasteiger partial charge in [0.1, 0.15) is 11.4 Å². The number of carbonyl (C=O) groups is 1. The van der Waals surface area contributed by atoms with Crippen LogP contribution in [0.2, 0.25) is 0 Å². The maximum atomic E-state index is 12.5. The third-order valence-corrected chi connectivity index (χ3v) is 3.62. The topological polar surface area (TPSA) is 80.4 Å². The summed E-state index contributed by atoms with van der Waals surface area (Å²) in [7, 11) is 1.69. The van der Waals surface area contributed by atoms with Gasteiger partial charge in [0, 0.05) is 24.8 Å². The second kappa shape index (κ2) is 3.99. The third kappa shape index (κ3) is 1.47. The summed E-state index contributed by atoms with van der Waals surface area (Å²) in [6.45, 7) is 0. The summed E-state index contributed by atoms with van der Waals surface area (Å²) in [5.41, 5.74) is 1.67. The summed E-state index contributed by atoms with van der Waals surface area (Å²) < 4.78 is 1.54. The van der Waals surface area contributed by atoms with E-state index in [9.17, 15) is 9.90 Å². The van der Waals surface area contributed by atoms with Gasteiger partial charge >= 0.3 is 0 Å². The molecule has 0 saturated carbocycles. The van der Waals surface area contributed by atoms with Gasteiger partial charge in [0.05, 0.1) is 11.1 Å². The van der Waals surface area contributed by atoms with Crippen molar-refractivity contribution < 1.29 is 9.90 Å². The van der Waals surface area contributed by atoms with E-state index in [1.807, 2.05) is 6.07 Å². The Labute approximate surface area is 119 Å². The molecule has 1 aliphatic rings. The van der Waals surface area contributed by atoms with Crippen LogP contribution in [-0.4, -0.2) is 31.1 Å². The lowest BCUT2D eigenvalue weighted by Crippen LogP contribution is -2.11. The maximum absolute atomic E-state index is 12.5. The lowest BCUT2D eigenvalue weighted by atomic mass is 10.0. The highest BCUT2D eigenvalue weighted by atomic mass is 16.3. The van der Waals surface area contributed by atoms with E-state index in [1.54, 1.807) is 37.6 Å². The molecule has 0 bridgehead atoms. The van der Waals surface area contributed by atoms with E-state index in [1.165, 1.54) is 4.57 Å². The molecule has 0 amide bonds. The number of aliphatic imine (C=N–C) groups is 1. The molecular weight excluding hydrogens is 268 g/mol. The summed E-state index contributed by atoms with van der Waals surface area (Å²) >= 11 is 0. The molecule has 21 heavy (non-hydrogen) atoms. The average Bonchev–Trinajstić information content (AvgIpc) is 2.96. The lowest BCUT2D eigenvalue weighted by Gasteiger charge is -1.99. The smallest absolute Gasteiger partial charge is 0.216 e. The Bertz CT molecular complexity index is 940. The van der Waals surface area contributed by atoms with Gasteiger partial charge in [-0.15, -0.1) is 0 Å². The largest absolute Gasteiger partial charge is 0.494 e. The van der Waals surface area contributed by atoms with Crippen LogP contribution in [0.3, 0.4) is 0 Å². The molecule has 0 atom stereocenters. The number of aromatic hydroxyl groups is 1. The fourth-order valence-corrected chi connectivity index (χ4v) is 2.60. The number of hydrogen-bond donors (Lipinski definition) is 1. The molecule has 1 N–H and O–H groups in total. The number of hydrogen-bond acceptors (Lipinski definition) is 5. The van der Waals surface area contributed by atoms with Gasteiger partial charge in [-0.1, -0.05) is 0 Å². The van der Waals surface area contributed by atoms with Gasteiger partial charge in [0.25, 0.3) is 0 Å². The van der Waals surface area contributed by atoms with Gasteiger partial charge in [-0.2, -0.15) is 0 Å². The van der Waals surface area contributed by atoms with Crippen molar-refractivity contribution in [1.29, 1.82) is 0 Å². The van der Waals surface area contributed by atoms with Crippen LogP contribution in [-0.2, 0) is 7.05 Å². The second-order valence-electron chi connectivity index (χ2n) is 4.80. The SMILES string of the molecule is Cn1c(O)c(C2=Nc3ncccc3C2=O)c2cccnc21. The Morgan fingerprint density at radius 3 is 2.71 bits per heavy atom. The van der Waals surface area contributed by atoms with Crippen LogP contribution >= 0.6 is 0 Å². The van der Waals surface area contributed by atoms with E-state index in [-0.39, 0.29) is 17.4 Å². The first-order chi connectivity index (χ1) is 10.2. The zero-order valence-electron chi connectivity index (χ0n) is 11.1. The van der Waals surface area contributed by atoms with E-state index in [0.29, 0.717) is 28.0 Å². The van der Waals surface area contributed by atoms with Gasteiger partial charge in [-0.25, -0.2) is 15.0 Å². The summed E-state index contributed by atoms with van der Waals surface area (Å²) in [6.07, 6.45) is 3.23. The Hall–Kier alpha value is -3.02. The highest BCUT2D eigenvalue weighted by molar-refractivity contribution is 6.56. The molecule has 0 fully saturated rings. The molecule has 4 rings (SSSR count). The third-order valence-electron chi connectivity index (χ3n) is 3.62. The number of pyridine rings is 2. The zero-order valence-corrected chi connectivity index (χ0v) is 11.1. The molecule has 1 aliphatic heterocycles. The minimum atomic E-state index is -0.232. The molecule has 3 aromatic heterocycles. The summed E-state index contributed by atoms with van der Waals surface area (Å²) in [6, 6.07) is 6.95. The van der Waals surface area contributed by atoms with E-state index in [4.69, 9.17) is 0 Å². The fourth-order valence-electron chi connectivity index (χ4n) is 2.60. The van der Waals surface area contributed by atoms with Crippen LogP contribution in [0.5, 0.6) is 5.88 Å². The van der Waals surface area contributed by atoms with Crippen LogP contribution in [0.1, 0.15) is 15.9 Å².